The summed E-state index contributed by atoms with van der Waals surface area (Å²) in [5.41, 5.74) is -0.0660. The third kappa shape index (κ3) is 3.87. The maximum absolute atomic E-state index is 10.4. The van der Waals surface area contributed by atoms with Crippen LogP contribution in [0.4, 0.5) is 0 Å². The minimum Gasteiger partial charge on any atom is -0.545 e. The van der Waals surface area contributed by atoms with Gasteiger partial charge in [-0.3, -0.25) is 0 Å². The fraction of sp³-hybridized carbons (Fsp3) is 0.125. The number of carboxylic acid groups (broad SMARTS) is 2. The van der Waals surface area contributed by atoms with Gasteiger partial charge in [0, 0.05) is 6.07 Å². The van der Waals surface area contributed by atoms with Gasteiger partial charge in [0.1, 0.15) is 5.97 Å². The Morgan fingerprint density at radius 3 is 2.50 bits per heavy atom. The van der Waals surface area contributed by atoms with Crippen LogP contribution < -0.4 is 44.3 Å². The minimum absolute atomic E-state index is 0. The number of hydrogen-bond donors (Lipinski definition) is 0. The van der Waals surface area contributed by atoms with Crippen molar-refractivity contribution in [2.45, 2.75) is 6.54 Å². The van der Waals surface area contributed by atoms with Crippen molar-refractivity contribution >= 4 is 11.9 Å². The molecule has 1 aromatic rings. The summed E-state index contributed by atoms with van der Waals surface area (Å²) in [6.45, 7) is -0.374. The standard InChI is InChI=1S/C8H7NO4.Na/c10-7(11)5-9-3-1-2-6(4-9)8(12)13;/h1-4H,5H2,(H-,10,11,12,13);/q;+1/p-1. The summed E-state index contributed by atoms with van der Waals surface area (Å²) < 4.78 is 1.19. The fourth-order valence-electron chi connectivity index (χ4n) is 0.890. The quantitative estimate of drug-likeness (QED) is 0.361. The minimum atomic E-state index is -1.34. The predicted octanol–water partition coefficient (Wildman–Crippen LogP) is -5.91. The van der Waals surface area contributed by atoms with Crippen molar-refractivity contribution in [1.82, 2.24) is 0 Å². The molecule has 0 aromatic carbocycles. The maximum atomic E-state index is 10.4. The monoisotopic (exact) mass is 203 g/mol. The first-order valence-electron chi connectivity index (χ1n) is 3.50. The van der Waals surface area contributed by atoms with Gasteiger partial charge in [-0.05, 0) is 6.07 Å². The van der Waals surface area contributed by atoms with Crippen LogP contribution in [0.5, 0.6) is 0 Å². The van der Waals surface area contributed by atoms with Crippen molar-refractivity contribution < 1.29 is 53.9 Å². The van der Waals surface area contributed by atoms with Gasteiger partial charge in [-0.15, -0.1) is 0 Å². The van der Waals surface area contributed by atoms with E-state index in [1.54, 1.807) is 0 Å². The summed E-state index contributed by atoms with van der Waals surface area (Å²) in [6.07, 6.45) is 2.60. The Morgan fingerprint density at radius 2 is 2.00 bits per heavy atom. The Bertz CT molecular complexity index is 353. The predicted molar refractivity (Wildman–Crippen MR) is 36.0 cm³/mol. The van der Waals surface area contributed by atoms with Crippen LogP contribution in [0.3, 0.4) is 0 Å². The van der Waals surface area contributed by atoms with Gasteiger partial charge >= 0.3 is 29.6 Å². The second kappa shape index (κ2) is 5.74. The molecule has 68 valence electrons. The average molecular weight is 203 g/mol. The Hall–Kier alpha value is -0.910. The number of carbonyl (C=O) groups is 2. The largest absolute Gasteiger partial charge is 1.00 e. The molecule has 0 unspecified atom stereocenters. The zero-order valence-corrected chi connectivity index (χ0v) is 9.60. The van der Waals surface area contributed by atoms with Crippen LogP contribution in [0.15, 0.2) is 24.5 Å². The number of aromatic nitrogens is 1. The number of nitrogens with zero attached hydrogens (tertiary/aromatic N) is 1. The van der Waals surface area contributed by atoms with Gasteiger partial charge in [0.2, 0.25) is 0 Å². The number of rotatable bonds is 3. The molecule has 0 fully saturated rings. The van der Waals surface area contributed by atoms with E-state index in [9.17, 15) is 19.8 Å². The number of carbonyl (C=O) groups excluding carboxylic acids is 2. The van der Waals surface area contributed by atoms with Crippen molar-refractivity contribution in [3.05, 3.63) is 30.1 Å². The molecule has 6 heteroatoms. The fourth-order valence-corrected chi connectivity index (χ4v) is 0.890. The van der Waals surface area contributed by atoms with Crippen LogP contribution in [0.1, 0.15) is 10.4 Å². The molecule has 0 saturated carbocycles. The molecule has 1 aromatic heterocycles. The van der Waals surface area contributed by atoms with Crippen LogP contribution in [0.25, 0.3) is 0 Å². The molecule has 0 aliphatic rings. The number of aromatic carboxylic acids is 1. The summed E-state index contributed by atoms with van der Waals surface area (Å²) in [7, 11) is 0. The number of pyridine rings is 1. The second-order valence-electron chi connectivity index (χ2n) is 2.42. The molecule has 5 nitrogen and oxygen atoms in total. The first kappa shape index (κ1) is 13.1. The van der Waals surface area contributed by atoms with Crippen LogP contribution >= 0.6 is 0 Å². The molecule has 0 aliphatic heterocycles. The summed E-state index contributed by atoms with van der Waals surface area (Å²) in [6, 6.07) is 2.75. The van der Waals surface area contributed by atoms with E-state index in [1.165, 1.54) is 29.1 Å². The van der Waals surface area contributed by atoms with Crippen LogP contribution in [-0.4, -0.2) is 11.9 Å². The van der Waals surface area contributed by atoms with Crippen molar-refractivity contribution in [2.24, 2.45) is 0 Å². The van der Waals surface area contributed by atoms with E-state index in [1.807, 2.05) is 0 Å². The zero-order chi connectivity index (χ0) is 9.84. The number of hydrogen-bond acceptors (Lipinski definition) is 4. The first-order chi connectivity index (χ1) is 6.09. The molecule has 0 N–H and O–H groups in total. The molecule has 0 aliphatic carbocycles. The molecule has 14 heavy (non-hydrogen) atoms. The summed E-state index contributed by atoms with van der Waals surface area (Å²) in [5, 5.41) is 20.5. The topological polar surface area (TPSA) is 84.1 Å². The van der Waals surface area contributed by atoms with E-state index in [0.29, 0.717) is 0 Å². The van der Waals surface area contributed by atoms with Gasteiger partial charge in [0.05, 0.1) is 11.5 Å². The average Bonchev–Trinajstić information content (AvgIpc) is 2.03. The molecule has 0 saturated heterocycles. The van der Waals surface area contributed by atoms with Crippen LogP contribution in [0.2, 0.25) is 0 Å². The van der Waals surface area contributed by atoms with Gasteiger partial charge in [0.25, 0.3) is 0 Å². The molecule has 0 radical (unpaired) electrons. The van der Waals surface area contributed by atoms with Crippen LogP contribution in [0, 0.1) is 0 Å². The molecular formula is C8H6NNaO4. The van der Waals surface area contributed by atoms with E-state index in [0.717, 1.165) is 0 Å². The SMILES string of the molecule is O=C([O-])C[n+]1cccc(C(=O)[O-])c1.[Na+]. The molecular weight excluding hydrogens is 197 g/mol. The van der Waals surface area contributed by atoms with Crippen molar-refractivity contribution in [3.8, 4) is 0 Å². The van der Waals surface area contributed by atoms with E-state index in [2.05, 4.69) is 0 Å². The Balaban J connectivity index is 0.00000169. The van der Waals surface area contributed by atoms with Gasteiger partial charge in [-0.1, -0.05) is 0 Å². The summed E-state index contributed by atoms with van der Waals surface area (Å²) in [5.74, 6) is -2.62. The molecule has 1 heterocycles. The van der Waals surface area contributed by atoms with Crippen LogP contribution in [-0.2, 0) is 11.3 Å². The van der Waals surface area contributed by atoms with E-state index >= 15 is 0 Å². The number of aliphatic carboxylic acids is 1. The summed E-state index contributed by atoms with van der Waals surface area (Å²) in [4.78, 5) is 20.5. The van der Waals surface area contributed by atoms with E-state index in [-0.39, 0.29) is 41.7 Å². The molecule has 0 spiro atoms. The molecule has 1 rings (SSSR count). The van der Waals surface area contributed by atoms with Gasteiger partial charge in [0.15, 0.2) is 18.9 Å². The number of carboxylic acids is 2. The third-order valence-corrected chi connectivity index (χ3v) is 1.41. The maximum Gasteiger partial charge on any atom is 1.00 e. The molecule has 0 bridgehead atoms. The van der Waals surface area contributed by atoms with Gasteiger partial charge in [-0.25, -0.2) is 0 Å². The van der Waals surface area contributed by atoms with Crippen molar-refractivity contribution in [2.75, 3.05) is 0 Å². The first-order valence-corrected chi connectivity index (χ1v) is 3.50. The Kier molecular flexibility index (Phi) is 5.37. The normalized spacial score (nSPS) is 8.86. The Labute approximate surface area is 102 Å². The van der Waals surface area contributed by atoms with Gasteiger partial charge < -0.3 is 19.8 Å². The van der Waals surface area contributed by atoms with E-state index < -0.39 is 11.9 Å². The third-order valence-electron chi connectivity index (χ3n) is 1.41. The summed E-state index contributed by atoms with van der Waals surface area (Å²) >= 11 is 0. The van der Waals surface area contributed by atoms with Crippen molar-refractivity contribution in [3.63, 3.8) is 0 Å². The van der Waals surface area contributed by atoms with E-state index in [4.69, 9.17) is 0 Å². The smallest absolute Gasteiger partial charge is 0.545 e. The second-order valence-corrected chi connectivity index (χ2v) is 2.42. The zero-order valence-electron chi connectivity index (χ0n) is 7.60. The Morgan fingerprint density at radius 1 is 1.36 bits per heavy atom. The molecule has 0 amide bonds. The molecule has 0 atom stereocenters. The van der Waals surface area contributed by atoms with Crippen molar-refractivity contribution in [1.29, 1.82) is 0 Å². The van der Waals surface area contributed by atoms with Gasteiger partial charge in [-0.2, -0.15) is 4.57 Å².